The molecular weight excluding hydrogens is 180 g/mol. The molecule has 0 radical (unpaired) electrons. The molecule has 4 heteroatoms. The van der Waals surface area contributed by atoms with E-state index in [1.165, 1.54) is 6.42 Å². The van der Waals surface area contributed by atoms with Gasteiger partial charge in [-0.3, -0.25) is 4.90 Å². The van der Waals surface area contributed by atoms with Gasteiger partial charge in [0.15, 0.2) is 0 Å². The van der Waals surface area contributed by atoms with E-state index in [2.05, 4.69) is 10.2 Å². The smallest absolute Gasteiger partial charge is 0.0931 e. The summed E-state index contributed by atoms with van der Waals surface area (Å²) in [5.41, 5.74) is 0. The van der Waals surface area contributed by atoms with Crippen LogP contribution >= 0.6 is 0 Å². The van der Waals surface area contributed by atoms with Crippen molar-refractivity contribution >= 4 is 0 Å². The van der Waals surface area contributed by atoms with Gasteiger partial charge in [0.1, 0.15) is 0 Å². The Morgan fingerprint density at radius 3 is 2.79 bits per heavy atom. The molecule has 2 atom stereocenters. The molecule has 1 rings (SSSR count). The Labute approximate surface area is 86.6 Å². The maximum Gasteiger partial charge on any atom is 0.0931 e. The number of likely N-dealkylation sites (N-methyl/N-ethyl adjacent to an activating group) is 1. The number of likely N-dealkylation sites (tertiary alicyclic amines) is 1. The SMILES string of the molecule is CNC1CCN(CC(COC)OC)C1. The molecule has 0 saturated carbocycles. The molecule has 1 aliphatic rings. The Morgan fingerprint density at radius 1 is 1.50 bits per heavy atom. The lowest BCUT2D eigenvalue weighted by Crippen LogP contribution is -2.36. The molecule has 0 amide bonds. The normalized spacial score (nSPS) is 25.5. The van der Waals surface area contributed by atoms with Crippen molar-refractivity contribution in [3.05, 3.63) is 0 Å². The molecule has 1 saturated heterocycles. The van der Waals surface area contributed by atoms with Gasteiger partial charge in [0.25, 0.3) is 0 Å². The van der Waals surface area contributed by atoms with E-state index in [0.29, 0.717) is 12.6 Å². The Hall–Kier alpha value is -0.160. The first kappa shape index (κ1) is 11.9. The summed E-state index contributed by atoms with van der Waals surface area (Å²) >= 11 is 0. The van der Waals surface area contributed by atoms with Crippen molar-refractivity contribution in [1.29, 1.82) is 0 Å². The number of methoxy groups -OCH3 is 2. The van der Waals surface area contributed by atoms with Gasteiger partial charge in [-0.1, -0.05) is 0 Å². The van der Waals surface area contributed by atoms with Crippen LogP contribution in [-0.4, -0.2) is 64.6 Å². The molecule has 1 heterocycles. The second-order valence-corrected chi connectivity index (χ2v) is 3.85. The molecule has 1 aliphatic heterocycles. The van der Waals surface area contributed by atoms with Crippen LogP contribution in [0.2, 0.25) is 0 Å². The Balaban J connectivity index is 2.22. The van der Waals surface area contributed by atoms with Gasteiger partial charge in [0, 0.05) is 33.4 Å². The molecule has 1 N–H and O–H groups in total. The molecule has 2 unspecified atom stereocenters. The van der Waals surface area contributed by atoms with Crippen molar-refractivity contribution in [3.8, 4) is 0 Å². The number of nitrogens with one attached hydrogen (secondary N) is 1. The van der Waals surface area contributed by atoms with Crippen molar-refractivity contribution in [3.63, 3.8) is 0 Å². The van der Waals surface area contributed by atoms with Gasteiger partial charge in [-0.05, 0) is 20.0 Å². The van der Waals surface area contributed by atoms with Crippen LogP contribution in [0.15, 0.2) is 0 Å². The number of rotatable bonds is 6. The van der Waals surface area contributed by atoms with Gasteiger partial charge in [0.2, 0.25) is 0 Å². The quantitative estimate of drug-likeness (QED) is 0.654. The first-order valence-corrected chi connectivity index (χ1v) is 5.21. The molecular formula is C10H22N2O2. The molecule has 0 aromatic rings. The fourth-order valence-corrected chi connectivity index (χ4v) is 1.90. The van der Waals surface area contributed by atoms with Crippen molar-refractivity contribution in [2.45, 2.75) is 18.6 Å². The van der Waals surface area contributed by atoms with E-state index in [-0.39, 0.29) is 6.10 Å². The summed E-state index contributed by atoms with van der Waals surface area (Å²) < 4.78 is 10.4. The average Bonchev–Trinajstić information content (AvgIpc) is 2.65. The second kappa shape index (κ2) is 6.35. The van der Waals surface area contributed by atoms with E-state index in [1.807, 2.05) is 7.05 Å². The minimum Gasteiger partial charge on any atom is -0.382 e. The summed E-state index contributed by atoms with van der Waals surface area (Å²) in [7, 11) is 5.48. The van der Waals surface area contributed by atoms with Crippen molar-refractivity contribution in [1.82, 2.24) is 10.2 Å². The summed E-state index contributed by atoms with van der Waals surface area (Å²) in [5.74, 6) is 0. The molecule has 0 aromatic heterocycles. The zero-order chi connectivity index (χ0) is 10.4. The summed E-state index contributed by atoms with van der Waals surface area (Å²) in [6, 6.07) is 0.648. The van der Waals surface area contributed by atoms with E-state index in [4.69, 9.17) is 9.47 Å². The van der Waals surface area contributed by atoms with Gasteiger partial charge in [-0.15, -0.1) is 0 Å². The maximum atomic E-state index is 5.33. The average molecular weight is 202 g/mol. The lowest BCUT2D eigenvalue weighted by Gasteiger charge is -2.22. The van der Waals surface area contributed by atoms with E-state index in [0.717, 1.165) is 19.6 Å². The molecule has 0 aliphatic carbocycles. The molecule has 1 fully saturated rings. The first-order valence-electron chi connectivity index (χ1n) is 5.21. The summed E-state index contributed by atoms with van der Waals surface area (Å²) in [6.45, 7) is 3.94. The van der Waals surface area contributed by atoms with Crippen LogP contribution in [0.5, 0.6) is 0 Å². The third-order valence-corrected chi connectivity index (χ3v) is 2.83. The van der Waals surface area contributed by atoms with Crippen LogP contribution in [0.1, 0.15) is 6.42 Å². The Bertz CT molecular complexity index is 155. The number of nitrogens with zero attached hydrogens (tertiary/aromatic N) is 1. The highest BCUT2D eigenvalue weighted by atomic mass is 16.5. The third kappa shape index (κ3) is 3.53. The summed E-state index contributed by atoms with van der Waals surface area (Å²) in [6.07, 6.45) is 1.44. The minimum atomic E-state index is 0.204. The van der Waals surface area contributed by atoms with E-state index in [1.54, 1.807) is 14.2 Å². The zero-order valence-electron chi connectivity index (χ0n) is 9.45. The van der Waals surface area contributed by atoms with Gasteiger partial charge < -0.3 is 14.8 Å². The van der Waals surface area contributed by atoms with Crippen molar-refractivity contribution in [2.75, 3.05) is 47.5 Å². The highest BCUT2D eigenvalue weighted by Gasteiger charge is 2.23. The lowest BCUT2D eigenvalue weighted by molar-refractivity contribution is 0.00977. The summed E-state index contributed by atoms with van der Waals surface area (Å²) in [4.78, 5) is 2.42. The highest BCUT2D eigenvalue weighted by molar-refractivity contribution is 4.81. The zero-order valence-corrected chi connectivity index (χ0v) is 9.45. The van der Waals surface area contributed by atoms with E-state index < -0.39 is 0 Å². The van der Waals surface area contributed by atoms with Crippen LogP contribution in [0.25, 0.3) is 0 Å². The fraction of sp³-hybridized carbons (Fsp3) is 1.00. The minimum absolute atomic E-state index is 0.204. The number of ether oxygens (including phenoxy) is 2. The Morgan fingerprint density at radius 2 is 2.29 bits per heavy atom. The van der Waals surface area contributed by atoms with Crippen LogP contribution < -0.4 is 5.32 Å². The largest absolute Gasteiger partial charge is 0.382 e. The van der Waals surface area contributed by atoms with Crippen LogP contribution in [0.4, 0.5) is 0 Å². The fourth-order valence-electron chi connectivity index (χ4n) is 1.90. The molecule has 14 heavy (non-hydrogen) atoms. The maximum absolute atomic E-state index is 5.33. The van der Waals surface area contributed by atoms with Crippen molar-refractivity contribution < 1.29 is 9.47 Å². The van der Waals surface area contributed by atoms with Crippen LogP contribution in [0.3, 0.4) is 0 Å². The standard InChI is InChI=1S/C10H22N2O2/c1-11-9-4-5-12(6-9)7-10(14-3)8-13-2/h9-11H,4-8H2,1-3H3. The summed E-state index contributed by atoms with van der Waals surface area (Å²) in [5, 5.41) is 3.30. The molecule has 0 aromatic carbocycles. The number of hydrogen-bond donors (Lipinski definition) is 1. The topological polar surface area (TPSA) is 33.7 Å². The molecule has 0 spiro atoms. The predicted molar refractivity (Wildman–Crippen MR) is 56.6 cm³/mol. The third-order valence-electron chi connectivity index (χ3n) is 2.83. The van der Waals surface area contributed by atoms with Gasteiger partial charge in [-0.2, -0.15) is 0 Å². The second-order valence-electron chi connectivity index (χ2n) is 3.85. The lowest BCUT2D eigenvalue weighted by atomic mass is 10.3. The highest BCUT2D eigenvalue weighted by Crippen LogP contribution is 2.09. The van der Waals surface area contributed by atoms with Crippen molar-refractivity contribution in [2.24, 2.45) is 0 Å². The van der Waals surface area contributed by atoms with E-state index >= 15 is 0 Å². The van der Waals surface area contributed by atoms with Gasteiger partial charge in [-0.25, -0.2) is 0 Å². The predicted octanol–water partition coefficient (Wildman–Crippen LogP) is -0.0585. The van der Waals surface area contributed by atoms with Gasteiger partial charge in [0.05, 0.1) is 12.7 Å². The van der Waals surface area contributed by atoms with Crippen LogP contribution in [0, 0.1) is 0 Å². The van der Waals surface area contributed by atoms with Crippen LogP contribution in [-0.2, 0) is 9.47 Å². The van der Waals surface area contributed by atoms with E-state index in [9.17, 15) is 0 Å². The molecule has 84 valence electrons. The molecule has 4 nitrogen and oxygen atoms in total. The number of hydrogen-bond acceptors (Lipinski definition) is 4. The first-order chi connectivity index (χ1) is 6.80. The Kier molecular flexibility index (Phi) is 5.40. The molecule has 0 bridgehead atoms. The van der Waals surface area contributed by atoms with Gasteiger partial charge >= 0.3 is 0 Å². The monoisotopic (exact) mass is 202 g/mol.